The van der Waals surface area contributed by atoms with Crippen LogP contribution in [0.2, 0.25) is 0 Å². The van der Waals surface area contributed by atoms with Crippen molar-refractivity contribution in [3.8, 4) is 0 Å². The number of quaternary nitrogens is 2. The van der Waals surface area contributed by atoms with Gasteiger partial charge in [-0.2, -0.15) is 0 Å². The van der Waals surface area contributed by atoms with E-state index in [0.29, 0.717) is 0 Å². The quantitative estimate of drug-likeness (QED) is 0.482. The van der Waals surface area contributed by atoms with Crippen LogP contribution in [0, 0.1) is 10.1 Å². The molecule has 1 aromatic carbocycles. The molecule has 1 atom stereocenters. The van der Waals surface area contributed by atoms with E-state index in [1.165, 1.54) is 59.7 Å². The van der Waals surface area contributed by atoms with Crippen LogP contribution in [0.15, 0.2) is 29.2 Å². The number of sulfone groups is 1. The third kappa shape index (κ3) is 4.56. The molecule has 0 saturated carbocycles. The highest BCUT2D eigenvalue weighted by atomic mass is 32.2. The van der Waals surface area contributed by atoms with Crippen molar-refractivity contribution < 1.29 is 23.1 Å². The van der Waals surface area contributed by atoms with E-state index in [1.54, 1.807) is 0 Å². The number of non-ortho nitro benzene ring substituents is 1. The molecule has 3 rings (SSSR count). The SMILES string of the molecule is O=[N+]([O-])c1ccc(S(=O)(=O)C[C@@H](C[NH+]2CCCC2)[NH+]2CCCC2)cc1. The summed E-state index contributed by atoms with van der Waals surface area (Å²) in [5.41, 5.74) is -0.0813. The van der Waals surface area contributed by atoms with Gasteiger partial charge in [-0.3, -0.25) is 10.1 Å². The first-order valence-corrected chi connectivity index (χ1v) is 10.8. The Morgan fingerprint density at radius 1 is 1.00 bits per heavy atom. The number of hydrogen-bond acceptors (Lipinski definition) is 4. The van der Waals surface area contributed by atoms with Crippen molar-refractivity contribution in [1.82, 2.24) is 0 Å². The predicted molar refractivity (Wildman–Crippen MR) is 93.7 cm³/mol. The average Bonchev–Trinajstić information content (AvgIpc) is 3.28. The molecule has 2 heterocycles. The van der Waals surface area contributed by atoms with E-state index in [2.05, 4.69) is 0 Å². The van der Waals surface area contributed by atoms with E-state index >= 15 is 0 Å². The zero-order chi connectivity index (χ0) is 17.9. The number of benzene rings is 1. The lowest BCUT2D eigenvalue weighted by atomic mass is 10.2. The fourth-order valence-electron chi connectivity index (χ4n) is 4.12. The summed E-state index contributed by atoms with van der Waals surface area (Å²) in [6.45, 7) is 5.28. The maximum atomic E-state index is 12.9. The minimum Gasteiger partial charge on any atom is -0.330 e. The summed E-state index contributed by atoms with van der Waals surface area (Å²) in [7, 11) is -3.44. The lowest BCUT2D eigenvalue weighted by Crippen LogP contribution is -3.22. The second kappa shape index (κ2) is 7.80. The lowest BCUT2D eigenvalue weighted by molar-refractivity contribution is -0.963. The number of nitrogens with one attached hydrogen (secondary N) is 2. The maximum absolute atomic E-state index is 12.9. The van der Waals surface area contributed by atoms with Crippen molar-refractivity contribution in [3.63, 3.8) is 0 Å². The van der Waals surface area contributed by atoms with E-state index in [4.69, 9.17) is 0 Å². The van der Waals surface area contributed by atoms with Gasteiger partial charge in [-0.1, -0.05) is 0 Å². The van der Waals surface area contributed by atoms with Gasteiger partial charge in [0.1, 0.15) is 12.3 Å². The molecule has 8 heteroatoms. The Kier molecular flexibility index (Phi) is 5.71. The Morgan fingerprint density at radius 2 is 1.56 bits per heavy atom. The van der Waals surface area contributed by atoms with Crippen LogP contribution < -0.4 is 9.80 Å². The number of likely N-dealkylation sites (tertiary alicyclic amines) is 2. The smallest absolute Gasteiger partial charge is 0.269 e. The molecule has 0 unspecified atom stereocenters. The van der Waals surface area contributed by atoms with Gasteiger partial charge in [0.2, 0.25) is 0 Å². The van der Waals surface area contributed by atoms with Crippen molar-refractivity contribution in [1.29, 1.82) is 0 Å². The lowest BCUT2D eigenvalue weighted by Gasteiger charge is -2.26. The zero-order valence-corrected chi connectivity index (χ0v) is 15.3. The summed E-state index contributed by atoms with van der Waals surface area (Å²) in [6.07, 6.45) is 4.79. The van der Waals surface area contributed by atoms with E-state index in [1.807, 2.05) is 0 Å². The number of nitro benzene ring substituents is 1. The van der Waals surface area contributed by atoms with Crippen LogP contribution in [0.25, 0.3) is 0 Å². The van der Waals surface area contributed by atoms with Crippen LogP contribution >= 0.6 is 0 Å². The Bertz CT molecular complexity index is 693. The van der Waals surface area contributed by atoms with Gasteiger partial charge in [0.05, 0.1) is 36.0 Å². The van der Waals surface area contributed by atoms with Crippen molar-refractivity contribution in [2.24, 2.45) is 0 Å². The number of hydrogen-bond donors (Lipinski definition) is 2. The van der Waals surface area contributed by atoms with Crippen molar-refractivity contribution in [2.45, 2.75) is 36.6 Å². The molecule has 0 amide bonds. The van der Waals surface area contributed by atoms with Crippen LogP contribution in [0.4, 0.5) is 5.69 Å². The largest absolute Gasteiger partial charge is 0.330 e. The van der Waals surface area contributed by atoms with Gasteiger partial charge < -0.3 is 9.80 Å². The van der Waals surface area contributed by atoms with Gasteiger partial charge in [-0.25, -0.2) is 8.42 Å². The number of nitro groups is 1. The molecule has 2 aliphatic heterocycles. The minimum atomic E-state index is -3.44. The molecule has 7 nitrogen and oxygen atoms in total. The number of nitrogens with zero attached hydrogens (tertiary/aromatic N) is 1. The van der Waals surface area contributed by atoms with Crippen molar-refractivity contribution in [2.75, 3.05) is 38.5 Å². The van der Waals surface area contributed by atoms with Crippen LogP contribution in [0.1, 0.15) is 25.7 Å². The Hall–Kier alpha value is -1.51. The van der Waals surface area contributed by atoms with Crippen LogP contribution in [-0.4, -0.2) is 57.9 Å². The second-order valence-electron chi connectivity index (χ2n) is 7.26. The van der Waals surface area contributed by atoms with Gasteiger partial charge in [0.15, 0.2) is 15.9 Å². The fraction of sp³-hybridized carbons (Fsp3) is 0.647. The van der Waals surface area contributed by atoms with Gasteiger partial charge in [-0.05, 0) is 12.1 Å². The van der Waals surface area contributed by atoms with Gasteiger partial charge in [0.25, 0.3) is 5.69 Å². The molecule has 2 fully saturated rings. The van der Waals surface area contributed by atoms with E-state index < -0.39 is 14.8 Å². The molecule has 0 spiro atoms. The molecule has 0 radical (unpaired) electrons. The predicted octanol–water partition coefficient (Wildman–Crippen LogP) is -0.905. The molecule has 138 valence electrons. The Balaban J connectivity index is 1.75. The van der Waals surface area contributed by atoms with E-state index in [-0.39, 0.29) is 22.4 Å². The van der Waals surface area contributed by atoms with E-state index in [9.17, 15) is 18.5 Å². The molecule has 0 aliphatic carbocycles. The highest BCUT2D eigenvalue weighted by Crippen LogP contribution is 2.17. The van der Waals surface area contributed by atoms with Gasteiger partial charge in [0, 0.05) is 37.8 Å². The molecule has 0 aromatic heterocycles. The first-order chi connectivity index (χ1) is 12.0. The van der Waals surface area contributed by atoms with Crippen molar-refractivity contribution >= 4 is 15.5 Å². The fourth-order valence-corrected chi connectivity index (χ4v) is 5.75. The molecular formula is C17H27N3O4S+2. The molecule has 0 bridgehead atoms. The Labute approximate surface area is 148 Å². The third-order valence-electron chi connectivity index (χ3n) is 5.50. The molecule has 25 heavy (non-hydrogen) atoms. The Morgan fingerprint density at radius 3 is 2.12 bits per heavy atom. The highest BCUT2D eigenvalue weighted by Gasteiger charge is 2.35. The third-order valence-corrected chi connectivity index (χ3v) is 7.33. The first kappa shape index (κ1) is 18.3. The minimum absolute atomic E-state index is 0.0813. The monoisotopic (exact) mass is 369 g/mol. The van der Waals surface area contributed by atoms with Gasteiger partial charge in [-0.15, -0.1) is 0 Å². The van der Waals surface area contributed by atoms with Crippen LogP contribution in [0.5, 0.6) is 0 Å². The summed E-state index contributed by atoms with van der Waals surface area (Å²) >= 11 is 0. The van der Waals surface area contributed by atoms with E-state index in [0.717, 1.165) is 32.7 Å². The molecule has 2 aliphatic rings. The van der Waals surface area contributed by atoms with Crippen molar-refractivity contribution in [3.05, 3.63) is 34.4 Å². The summed E-state index contributed by atoms with van der Waals surface area (Å²) < 4.78 is 25.7. The normalized spacial score (nSPS) is 20.8. The highest BCUT2D eigenvalue weighted by molar-refractivity contribution is 7.91. The first-order valence-electron chi connectivity index (χ1n) is 9.11. The average molecular weight is 369 g/mol. The molecule has 2 N–H and O–H groups in total. The standard InChI is InChI=1S/C17H25N3O4S/c21-20(22)15-5-7-17(8-6-15)25(23,24)14-16(19-11-3-4-12-19)13-18-9-1-2-10-18/h5-8,16H,1-4,9-14H2/p+2/t16-/m1/s1. The summed E-state index contributed by atoms with van der Waals surface area (Å²) in [4.78, 5) is 13.4. The van der Waals surface area contributed by atoms with Crippen LogP contribution in [0.3, 0.4) is 0 Å². The second-order valence-corrected chi connectivity index (χ2v) is 9.29. The molecule has 1 aromatic rings. The number of rotatable bonds is 7. The summed E-state index contributed by atoms with van der Waals surface area (Å²) in [6, 6.07) is 5.39. The molecular weight excluding hydrogens is 342 g/mol. The zero-order valence-electron chi connectivity index (χ0n) is 14.4. The van der Waals surface area contributed by atoms with Gasteiger partial charge >= 0.3 is 0 Å². The molecule has 2 saturated heterocycles. The summed E-state index contributed by atoms with van der Waals surface area (Å²) in [5, 5.41) is 10.8. The van der Waals surface area contributed by atoms with Crippen LogP contribution in [-0.2, 0) is 9.84 Å². The topological polar surface area (TPSA) is 86.2 Å². The maximum Gasteiger partial charge on any atom is 0.269 e. The summed E-state index contributed by atoms with van der Waals surface area (Å²) in [5.74, 6) is 0.129.